The highest BCUT2D eigenvalue weighted by atomic mass is 32.2. The van der Waals surface area contributed by atoms with Crippen LogP contribution < -0.4 is 10.6 Å². The molecular weight excluding hydrogens is 431 g/mol. The number of nitrogens with one attached hydrogen (secondary N) is 2. The summed E-state index contributed by atoms with van der Waals surface area (Å²) in [5.74, 6) is 0.293. The van der Waals surface area contributed by atoms with Crippen LogP contribution in [0.4, 0.5) is 20.0 Å². The quantitative estimate of drug-likeness (QED) is 0.325. The molecule has 31 heavy (non-hydrogen) atoms. The summed E-state index contributed by atoms with van der Waals surface area (Å²) in [6.07, 6.45) is 0. The van der Waals surface area contributed by atoms with Crippen LogP contribution in [0.15, 0.2) is 77.7 Å². The molecule has 2 amide bonds. The van der Waals surface area contributed by atoms with E-state index in [0.717, 1.165) is 16.0 Å². The third-order valence-electron chi connectivity index (χ3n) is 4.41. The lowest BCUT2D eigenvalue weighted by Gasteiger charge is -2.07. The number of thioether (sulfide) groups is 1. The van der Waals surface area contributed by atoms with Gasteiger partial charge in [0.2, 0.25) is 5.13 Å². The minimum Gasteiger partial charge on any atom is -0.308 e. The largest absolute Gasteiger partial charge is 0.325 e. The van der Waals surface area contributed by atoms with Crippen LogP contribution in [-0.2, 0) is 5.75 Å². The molecule has 0 aliphatic rings. The molecule has 156 valence electrons. The Kier molecular flexibility index (Phi) is 6.59. The second-order valence-corrected chi connectivity index (χ2v) is 8.73. The first kappa shape index (κ1) is 21.0. The number of hydrogen-bond donors (Lipinski definition) is 2. The van der Waals surface area contributed by atoms with Gasteiger partial charge in [0.25, 0.3) is 0 Å². The normalized spacial score (nSPS) is 10.6. The van der Waals surface area contributed by atoms with Crippen molar-refractivity contribution < 1.29 is 9.18 Å². The van der Waals surface area contributed by atoms with Crippen molar-refractivity contribution in [2.75, 3.05) is 10.6 Å². The fourth-order valence-electron chi connectivity index (χ4n) is 2.82. The summed E-state index contributed by atoms with van der Waals surface area (Å²) in [6, 6.07) is 21.7. The Morgan fingerprint density at radius 2 is 1.71 bits per heavy atom. The van der Waals surface area contributed by atoms with Gasteiger partial charge >= 0.3 is 6.03 Å². The van der Waals surface area contributed by atoms with Crippen LogP contribution in [-0.4, -0.2) is 16.2 Å². The Morgan fingerprint density at radius 3 is 2.52 bits per heavy atom. The number of aryl methyl sites for hydroxylation is 1. The van der Waals surface area contributed by atoms with Crippen molar-refractivity contribution in [3.63, 3.8) is 0 Å². The van der Waals surface area contributed by atoms with Crippen molar-refractivity contribution in [1.29, 1.82) is 0 Å². The SMILES string of the molecule is Cc1ccc(NC(=O)Nc2nnc(-c3ccccc3SCc3ccccc3F)s2)cc1. The first-order valence-electron chi connectivity index (χ1n) is 9.52. The topological polar surface area (TPSA) is 66.9 Å². The lowest BCUT2D eigenvalue weighted by molar-refractivity contribution is 0.262. The molecular formula is C23H19FN4OS2. The maximum atomic E-state index is 13.9. The number of nitrogens with zero attached hydrogens (tertiary/aromatic N) is 2. The van der Waals surface area contributed by atoms with Crippen molar-refractivity contribution in [2.24, 2.45) is 0 Å². The zero-order valence-corrected chi connectivity index (χ0v) is 18.3. The first-order valence-corrected chi connectivity index (χ1v) is 11.3. The molecule has 0 aliphatic carbocycles. The van der Waals surface area contributed by atoms with Gasteiger partial charge in [0.05, 0.1) is 0 Å². The van der Waals surface area contributed by atoms with Crippen LogP contribution in [0, 0.1) is 12.7 Å². The van der Waals surface area contributed by atoms with Gasteiger partial charge in [-0.3, -0.25) is 5.32 Å². The van der Waals surface area contributed by atoms with Gasteiger partial charge in [-0.05, 0) is 36.8 Å². The standard InChI is InChI=1S/C23H19FN4OS2/c1-15-10-12-17(13-11-15)25-22(29)26-23-28-27-21(31-23)18-7-3-5-9-20(18)30-14-16-6-2-4-8-19(16)24/h2-13H,14H2,1H3,(H2,25,26,28,29). The summed E-state index contributed by atoms with van der Waals surface area (Å²) in [4.78, 5) is 13.2. The van der Waals surface area contributed by atoms with Gasteiger partial charge in [-0.2, -0.15) is 0 Å². The molecule has 2 N–H and O–H groups in total. The summed E-state index contributed by atoms with van der Waals surface area (Å²) in [7, 11) is 0. The zero-order valence-electron chi connectivity index (χ0n) is 16.6. The van der Waals surface area contributed by atoms with Crippen LogP contribution >= 0.6 is 23.1 Å². The van der Waals surface area contributed by atoms with Gasteiger partial charge in [-0.15, -0.1) is 22.0 Å². The number of carbonyl (C=O) groups is 1. The summed E-state index contributed by atoms with van der Waals surface area (Å²) >= 11 is 2.82. The Balaban J connectivity index is 1.44. The van der Waals surface area contributed by atoms with Gasteiger partial charge < -0.3 is 5.32 Å². The highest BCUT2D eigenvalue weighted by molar-refractivity contribution is 7.98. The molecule has 0 aliphatic heterocycles. The van der Waals surface area contributed by atoms with Crippen LogP contribution in [0.3, 0.4) is 0 Å². The van der Waals surface area contributed by atoms with Crippen LogP contribution in [0.5, 0.6) is 0 Å². The second kappa shape index (κ2) is 9.72. The van der Waals surface area contributed by atoms with E-state index >= 15 is 0 Å². The lowest BCUT2D eigenvalue weighted by atomic mass is 10.2. The van der Waals surface area contributed by atoms with Crippen molar-refractivity contribution >= 4 is 39.9 Å². The molecule has 5 nitrogen and oxygen atoms in total. The summed E-state index contributed by atoms with van der Waals surface area (Å²) in [6.45, 7) is 1.99. The van der Waals surface area contributed by atoms with E-state index in [-0.39, 0.29) is 11.8 Å². The highest BCUT2D eigenvalue weighted by Crippen LogP contribution is 2.36. The molecule has 0 atom stereocenters. The molecule has 0 saturated carbocycles. The zero-order chi connectivity index (χ0) is 21.6. The van der Waals surface area contributed by atoms with Gasteiger partial charge in [-0.25, -0.2) is 9.18 Å². The molecule has 0 saturated heterocycles. The van der Waals surface area contributed by atoms with Crippen molar-refractivity contribution in [2.45, 2.75) is 17.6 Å². The molecule has 0 unspecified atom stereocenters. The Bertz CT molecular complexity index is 1190. The van der Waals surface area contributed by atoms with Gasteiger partial charge in [0, 0.05) is 21.9 Å². The van der Waals surface area contributed by atoms with E-state index in [9.17, 15) is 9.18 Å². The highest BCUT2D eigenvalue weighted by Gasteiger charge is 2.14. The van der Waals surface area contributed by atoms with E-state index in [1.54, 1.807) is 12.1 Å². The predicted molar refractivity (Wildman–Crippen MR) is 125 cm³/mol. The Hall–Kier alpha value is -3.23. The number of benzene rings is 3. The molecule has 1 heterocycles. The summed E-state index contributed by atoms with van der Waals surface area (Å²) in [5.41, 5.74) is 3.36. The number of carbonyl (C=O) groups excluding carboxylic acids is 1. The summed E-state index contributed by atoms with van der Waals surface area (Å²) < 4.78 is 13.9. The van der Waals surface area contributed by atoms with Gasteiger partial charge in [0.15, 0.2) is 5.01 Å². The average molecular weight is 451 g/mol. The molecule has 0 bridgehead atoms. The lowest BCUT2D eigenvalue weighted by Crippen LogP contribution is -2.19. The minimum atomic E-state index is -0.381. The molecule has 0 radical (unpaired) electrons. The molecule has 3 aromatic carbocycles. The van der Waals surface area contributed by atoms with Crippen LogP contribution in [0.2, 0.25) is 0 Å². The molecule has 4 aromatic rings. The smallest absolute Gasteiger partial charge is 0.308 e. The maximum absolute atomic E-state index is 13.9. The Morgan fingerprint density at radius 1 is 0.968 bits per heavy atom. The van der Waals surface area contributed by atoms with Crippen molar-refractivity contribution in [1.82, 2.24) is 10.2 Å². The molecule has 4 rings (SSSR count). The van der Waals surface area contributed by atoms with E-state index < -0.39 is 0 Å². The van der Waals surface area contributed by atoms with Crippen LogP contribution in [0.25, 0.3) is 10.6 Å². The number of urea groups is 1. The minimum absolute atomic E-state index is 0.213. The number of aromatic nitrogens is 2. The van der Waals surface area contributed by atoms with E-state index in [0.29, 0.717) is 27.1 Å². The van der Waals surface area contributed by atoms with Crippen molar-refractivity contribution in [3.05, 3.63) is 89.7 Å². The molecule has 1 aromatic heterocycles. The average Bonchev–Trinajstić information content (AvgIpc) is 3.23. The third kappa shape index (κ3) is 5.48. The molecule has 0 fully saturated rings. The second-order valence-electron chi connectivity index (χ2n) is 6.73. The van der Waals surface area contributed by atoms with E-state index in [1.165, 1.54) is 29.2 Å². The fraction of sp³-hybridized carbons (Fsp3) is 0.0870. The Labute approximate surface area is 187 Å². The van der Waals surface area contributed by atoms with Gasteiger partial charge in [0.1, 0.15) is 5.82 Å². The fourth-order valence-corrected chi connectivity index (χ4v) is 4.70. The van der Waals surface area contributed by atoms with E-state index in [1.807, 2.05) is 61.5 Å². The molecule has 8 heteroatoms. The number of amides is 2. The predicted octanol–water partition coefficient (Wildman–Crippen LogP) is 6.59. The van der Waals surface area contributed by atoms with E-state index in [2.05, 4.69) is 20.8 Å². The first-order chi connectivity index (χ1) is 15.1. The summed E-state index contributed by atoms with van der Waals surface area (Å²) in [5, 5.41) is 14.9. The van der Waals surface area contributed by atoms with Gasteiger partial charge in [-0.1, -0.05) is 65.4 Å². The number of halogens is 1. The monoisotopic (exact) mass is 450 g/mol. The number of hydrogen-bond acceptors (Lipinski definition) is 5. The van der Waals surface area contributed by atoms with E-state index in [4.69, 9.17) is 0 Å². The number of anilines is 2. The van der Waals surface area contributed by atoms with Crippen LogP contribution in [0.1, 0.15) is 11.1 Å². The van der Waals surface area contributed by atoms with Crippen molar-refractivity contribution in [3.8, 4) is 10.6 Å². The molecule has 0 spiro atoms. The third-order valence-corrected chi connectivity index (χ3v) is 6.41. The number of rotatable bonds is 6. The maximum Gasteiger partial charge on any atom is 0.325 e.